The van der Waals surface area contributed by atoms with E-state index in [1.807, 2.05) is 31.2 Å². The highest BCUT2D eigenvalue weighted by Crippen LogP contribution is 2.17. The van der Waals surface area contributed by atoms with E-state index in [2.05, 4.69) is 15.4 Å². The van der Waals surface area contributed by atoms with Gasteiger partial charge in [-0.2, -0.15) is 4.80 Å². The minimum atomic E-state index is -0.385. The standard InChI is InChI=1S/C13H17N5O2/c1-10-6-4-5-7-11(10)12-14-16-18(15-12)8-9-20-13(19)17(2)3/h4-7H,8-9H2,1-3H3. The van der Waals surface area contributed by atoms with Gasteiger partial charge in [0.2, 0.25) is 5.82 Å². The Labute approximate surface area is 117 Å². The average Bonchev–Trinajstić information content (AvgIpc) is 2.87. The fourth-order valence-electron chi connectivity index (χ4n) is 1.61. The van der Waals surface area contributed by atoms with Crippen molar-refractivity contribution in [3.05, 3.63) is 29.8 Å². The van der Waals surface area contributed by atoms with Crippen LogP contribution < -0.4 is 0 Å². The first-order valence-corrected chi connectivity index (χ1v) is 6.26. The van der Waals surface area contributed by atoms with Gasteiger partial charge in [0, 0.05) is 19.7 Å². The van der Waals surface area contributed by atoms with E-state index < -0.39 is 0 Å². The van der Waals surface area contributed by atoms with E-state index in [1.165, 1.54) is 9.70 Å². The molecule has 0 saturated heterocycles. The largest absolute Gasteiger partial charge is 0.447 e. The minimum Gasteiger partial charge on any atom is -0.447 e. The molecule has 0 aliphatic heterocycles. The van der Waals surface area contributed by atoms with Crippen molar-refractivity contribution >= 4 is 6.09 Å². The maximum absolute atomic E-state index is 11.2. The lowest BCUT2D eigenvalue weighted by Gasteiger charge is -2.10. The van der Waals surface area contributed by atoms with Gasteiger partial charge in [-0.1, -0.05) is 24.3 Å². The molecule has 106 valence electrons. The first-order chi connectivity index (χ1) is 9.58. The highest BCUT2D eigenvalue weighted by Gasteiger charge is 2.09. The molecule has 0 fully saturated rings. The average molecular weight is 275 g/mol. The Hall–Kier alpha value is -2.44. The second-order valence-electron chi connectivity index (χ2n) is 4.53. The quantitative estimate of drug-likeness (QED) is 0.842. The molecule has 0 spiro atoms. The van der Waals surface area contributed by atoms with Crippen molar-refractivity contribution in [2.24, 2.45) is 0 Å². The fraction of sp³-hybridized carbons (Fsp3) is 0.385. The van der Waals surface area contributed by atoms with Crippen LogP contribution in [0.4, 0.5) is 4.79 Å². The molecule has 0 aliphatic carbocycles. The first-order valence-electron chi connectivity index (χ1n) is 6.26. The molecule has 1 heterocycles. The second kappa shape index (κ2) is 6.14. The van der Waals surface area contributed by atoms with Gasteiger partial charge in [-0.3, -0.25) is 0 Å². The number of carbonyl (C=O) groups excluding carboxylic acids is 1. The van der Waals surface area contributed by atoms with Gasteiger partial charge >= 0.3 is 6.09 Å². The van der Waals surface area contributed by atoms with Crippen LogP contribution in [0.25, 0.3) is 11.4 Å². The van der Waals surface area contributed by atoms with Crippen molar-refractivity contribution in [2.45, 2.75) is 13.5 Å². The van der Waals surface area contributed by atoms with Crippen LogP contribution in [-0.4, -0.2) is 51.9 Å². The molecule has 20 heavy (non-hydrogen) atoms. The Morgan fingerprint density at radius 1 is 1.35 bits per heavy atom. The lowest BCUT2D eigenvalue weighted by atomic mass is 10.1. The maximum atomic E-state index is 11.2. The topological polar surface area (TPSA) is 73.1 Å². The van der Waals surface area contributed by atoms with Crippen LogP contribution in [0.5, 0.6) is 0 Å². The van der Waals surface area contributed by atoms with E-state index in [9.17, 15) is 4.79 Å². The number of carbonyl (C=O) groups is 1. The van der Waals surface area contributed by atoms with Crippen LogP contribution in [0.3, 0.4) is 0 Å². The molecule has 0 unspecified atom stereocenters. The molecule has 1 aromatic heterocycles. The van der Waals surface area contributed by atoms with Gasteiger partial charge < -0.3 is 9.64 Å². The first kappa shape index (κ1) is 14.0. The number of rotatable bonds is 4. The summed E-state index contributed by atoms with van der Waals surface area (Å²) in [6.45, 7) is 2.58. The summed E-state index contributed by atoms with van der Waals surface area (Å²) in [4.78, 5) is 14.0. The normalized spacial score (nSPS) is 10.3. The number of benzene rings is 1. The number of amides is 1. The molecule has 0 saturated carbocycles. The number of hydrogen-bond acceptors (Lipinski definition) is 5. The van der Waals surface area contributed by atoms with Gasteiger partial charge in [0.15, 0.2) is 0 Å². The van der Waals surface area contributed by atoms with Crippen molar-refractivity contribution in [1.82, 2.24) is 25.1 Å². The van der Waals surface area contributed by atoms with Crippen LogP contribution in [-0.2, 0) is 11.3 Å². The van der Waals surface area contributed by atoms with E-state index in [1.54, 1.807) is 14.1 Å². The van der Waals surface area contributed by atoms with Crippen LogP contribution >= 0.6 is 0 Å². The maximum Gasteiger partial charge on any atom is 0.409 e. The van der Waals surface area contributed by atoms with Crippen molar-refractivity contribution in [3.8, 4) is 11.4 Å². The lowest BCUT2D eigenvalue weighted by molar-refractivity contribution is 0.112. The molecule has 0 radical (unpaired) electrons. The molecule has 1 aromatic carbocycles. The third-order valence-corrected chi connectivity index (χ3v) is 2.72. The van der Waals surface area contributed by atoms with Gasteiger partial charge in [-0.15, -0.1) is 10.2 Å². The zero-order chi connectivity index (χ0) is 14.5. The summed E-state index contributed by atoms with van der Waals surface area (Å²) >= 11 is 0. The second-order valence-corrected chi connectivity index (χ2v) is 4.53. The number of hydrogen-bond donors (Lipinski definition) is 0. The number of aromatic nitrogens is 4. The summed E-state index contributed by atoms with van der Waals surface area (Å²) in [5.74, 6) is 0.571. The molecule has 0 N–H and O–H groups in total. The molecule has 7 nitrogen and oxygen atoms in total. The van der Waals surface area contributed by atoms with Gasteiger partial charge in [0.25, 0.3) is 0 Å². The highest BCUT2D eigenvalue weighted by atomic mass is 16.6. The van der Waals surface area contributed by atoms with Crippen LogP contribution in [0, 0.1) is 6.92 Å². The van der Waals surface area contributed by atoms with Crippen LogP contribution in [0.15, 0.2) is 24.3 Å². The summed E-state index contributed by atoms with van der Waals surface area (Å²) in [7, 11) is 3.26. The monoisotopic (exact) mass is 275 g/mol. The van der Waals surface area contributed by atoms with E-state index >= 15 is 0 Å². The van der Waals surface area contributed by atoms with E-state index in [-0.39, 0.29) is 12.7 Å². The molecule has 7 heteroatoms. The SMILES string of the molecule is Cc1ccccc1-c1nnn(CCOC(=O)N(C)C)n1. The van der Waals surface area contributed by atoms with E-state index in [4.69, 9.17) is 4.74 Å². The van der Waals surface area contributed by atoms with Gasteiger partial charge in [0.1, 0.15) is 6.61 Å². The van der Waals surface area contributed by atoms with Crippen molar-refractivity contribution in [2.75, 3.05) is 20.7 Å². The van der Waals surface area contributed by atoms with Crippen molar-refractivity contribution in [1.29, 1.82) is 0 Å². The molecule has 0 bridgehead atoms. The summed E-state index contributed by atoms with van der Waals surface area (Å²) in [5, 5.41) is 12.2. The molecule has 0 aliphatic rings. The number of tetrazole rings is 1. The Balaban J connectivity index is 1.96. The van der Waals surface area contributed by atoms with Gasteiger partial charge in [-0.25, -0.2) is 4.79 Å². The minimum absolute atomic E-state index is 0.209. The fourth-order valence-corrected chi connectivity index (χ4v) is 1.61. The molecule has 2 rings (SSSR count). The summed E-state index contributed by atoms with van der Waals surface area (Å²) < 4.78 is 5.00. The summed E-state index contributed by atoms with van der Waals surface area (Å²) in [6.07, 6.45) is -0.385. The Morgan fingerprint density at radius 3 is 2.80 bits per heavy atom. The van der Waals surface area contributed by atoms with Gasteiger partial charge in [0.05, 0.1) is 6.54 Å². The zero-order valence-electron chi connectivity index (χ0n) is 11.8. The summed E-state index contributed by atoms with van der Waals surface area (Å²) in [6, 6.07) is 7.84. The highest BCUT2D eigenvalue weighted by molar-refractivity contribution is 5.66. The number of nitrogens with zero attached hydrogens (tertiary/aromatic N) is 5. The third-order valence-electron chi connectivity index (χ3n) is 2.72. The number of aryl methyl sites for hydroxylation is 1. The predicted molar refractivity (Wildman–Crippen MR) is 73.0 cm³/mol. The molecule has 1 amide bonds. The zero-order valence-corrected chi connectivity index (χ0v) is 11.8. The van der Waals surface area contributed by atoms with E-state index in [0.29, 0.717) is 12.4 Å². The van der Waals surface area contributed by atoms with Crippen molar-refractivity contribution < 1.29 is 9.53 Å². The molecule has 2 aromatic rings. The van der Waals surface area contributed by atoms with E-state index in [0.717, 1.165) is 11.1 Å². The Morgan fingerprint density at radius 2 is 2.10 bits per heavy atom. The summed E-state index contributed by atoms with van der Waals surface area (Å²) in [5.41, 5.74) is 2.04. The van der Waals surface area contributed by atoms with Crippen LogP contribution in [0.1, 0.15) is 5.56 Å². The molecular weight excluding hydrogens is 258 g/mol. The van der Waals surface area contributed by atoms with Crippen molar-refractivity contribution in [3.63, 3.8) is 0 Å². The van der Waals surface area contributed by atoms with Gasteiger partial charge in [-0.05, 0) is 17.7 Å². The molecular formula is C13H17N5O2. The lowest BCUT2D eigenvalue weighted by Crippen LogP contribution is -2.24. The number of ether oxygens (including phenoxy) is 1. The third kappa shape index (κ3) is 3.31. The van der Waals surface area contributed by atoms with Crippen LogP contribution in [0.2, 0.25) is 0 Å². The molecule has 0 atom stereocenters. The smallest absolute Gasteiger partial charge is 0.409 e. The Kier molecular flexibility index (Phi) is 4.29. The predicted octanol–water partition coefficient (Wildman–Crippen LogP) is 1.35. The Bertz CT molecular complexity index is 594.